The van der Waals surface area contributed by atoms with Crippen LogP contribution in [0, 0.1) is 0 Å². The molecule has 0 N–H and O–H groups in total. The summed E-state index contributed by atoms with van der Waals surface area (Å²) in [6.45, 7) is 3.58. The highest BCUT2D eigenvalue weighted by atomic mass is 32.2. The van der Waals surface area contributed by atoms with Crippen LogP contribution < -0.4 is 9.47 Å². The smallest absolute Gasteiger partial charge is 0.264 e. The number of fused-ring (bicyclic) bond motifs is 1. The van der Waals surface area contributed by atoms with Crippen LogP contribution in [0.2, 0.25) is 0 Å². The molecule has 0 spiro atoms. The highest BCUT2D eigenvalue weighted by Gasteiger charge is 2.31. The van der Waals surface area contributed by atoms with Gasteiger partial charge in [0.1, 0.15) is 42.3 Å². The normalized spacial score (nSPS) is 23.6. The predicted molar refractivity (Wildman–Crippen MR) is 170 cm³/mol. The molecule has 10 heteroatoms. The summed E-state index contributed by atoms with van der Waals surface area (Å²) in [6.07, 6.45) is 12.3. The molecule has 9 nitrogen and oxygen atoms in total. The van der Waals surface area contributed by atoms with Crippen LogP contribution in [0.1, 0.15) is 56.6 Å². The van der Waals surface area contributed by atoms with Gasteiger partial charge in [-0.15, -0.1) is 0 Å². The first kappa shape index (κ1) is 31.4. The first-order valence-electron chi connectivity index (χ1n) is 15.6. The molecule has 2 saturated heterocycles. The molecule has 2 fully saturated rings. The minimum absolute atomic E-state index is 0.0593. The zero-order valence-corrected chi connectivity index (χ0v) is 26.6. The largest absolute Gasteiger partial charge is 0.491 e. The van der Waals surface area contributed by atoms with Gasteiger partial charge >= 0.3 is 0 Å². The van der Waals surface area contributed by atoms with Crippen LogP contribution in [-0.4, -0.2) is 59.8 Å². The Bertz CT molecular complexity index is 1570. The fourth-order valence-corrected chi connectivity index (χ4v) is 6.18. The van der Waals surface area contributed by atoms with Gasteiger partial charge in [-0.25, -0.2) is 0 Å². The van der Waals surface area contributed by atoms with E-state index in [9.17, 15) is 8.42 Å². The van der Waals surface area contributed by atoms with E-state index in [1.807, 2.05) is 54.6 Å². The Labute approximate surface area is 265 Å². The van der Waals surface area contributed by atoms with Crippen molar-refractivity contribution in [2.75, 3.05) is 32.7 Å². The van der Waals surface area contributed by atoms with Gasteiger partial charge in [0.05, 0.1) is 19.5 Å². The second-order valence-corrected chi connectivity index (χ2v) is 13.1. The van der Waals surface area contributed by atoms with Crippen molar-refractivity contribution in [3.63, 3.8) is 0 Å². The summed E-state index contributed by atoms with van der Waals surface area (Å²) in [5.74, 6) is 2.82. The Kier molecular flexibility index (Phi) is 9.94. The number of hydrogen-bond acceptors (Lipinski definition) is 9. The SMILES string of the molecule is CC1=C2C=C(OC3CCCCO3)C=CC2OC(c2ccc(OCCOS(C)(=O)=O)cc2)=C1c1cccc(OC2CCCCO2)c1. The maximum atomic E-state index is 11.2. The van der Waals surface area contributed by atoms with Crippen molar-refractivity contribution >= 4 is 21.5 Å². The number of allylic oxidation sites excluding steroid dienone is 3. The standard InChI is InChI=1S/C35H40O9S/c1-24-30-23-29(43-33-11-4-6-19-40-33)16-17-31(30)44-35(25-12-14-27(15-13-25)38-20-21-41-45(2,36)37)34(24)26-8-7-9-28(22-26)42-32-10-3-5-18-39-32/h7-9,12-17,22-23,31-33H,3-6,10-11,18-21H2,1-2H3. The molecule has 1 aliphatic carbocycles. The van der Waals surface area contributed by atoms with E-state index in [0.29, 0.717) is 19.0 Å². The van der Waals surface area contributed by atoms with Gasteiger partial charge in [0.15, 0.2) is 12.6 Å². The number of ether oxygens (including phenoxy) is 6. The Morgan fingerprint density at radius 1 is 0.844 bits per heavy atom. The van der Waals surface area contributed by atoms with Crippen molar-refractivity contribution in [1.29, 1.82) is 0 Å². The fraction of sp³-hybridized carbons (Fsp3) is 0.429. The summed E-state index contributed by atoms with van der Waals surface area (Å²) in [5.41, 5.74) is 4.88. The summed E-state index contributed by atoms with van der Waals surface area (Å²) in [6, 6.07) is 15.6. The summed E-state index contributed by atoms with van der Waals surface area (Å²) in [4.78, 5) is 0. The fourth-order valence-electron chi connectivity index (χ4n) is 5.81. The van der Waals surface area contributed by atoms with E-state index in [4.69, 9.17) is 32.6 Å². The van der Waals surface area contributed by atoms with Crippen LogP contribution in [-0.2, 0) is 33.2 Å². The Hall–Kier alpha value is -3.57. The molecular weight excluding hydrogens is 596 g/mol. The third-order valence-electron chi connectivity index (χ3n) is 8.02. The lowest BCUT2D eigenvalue weighted by Crippen LogP contribution is -2.25. The average Bonchev–Trinajstić information content (AvgIpc) is 3.04. The lowest BCUT2D eigenvalue weighted by molar-refractivity contribution is -0.136. The van der Waals surface area contributed by atoms with Crippen molar-refractivity contribution in [3.05, 3.63) is 94.8 Å². The number of rotatable bonds is 11. The highest BCUT2D eigenvalue weighted by molar-refractivity contribution is 7.85. The number of benzene rings is 2. The van der Waals surface area contributed by atoms with Crippen LogP contribution in [0.5, 0.6) is 11.5 Å². The molecule has 240 valence electrons. The zero-order valence-electron chi connectivity index (χ0n) is 25.7. The quantitative estimate of drug-likeness (QED) is 0.201. The van der Waals surface area contributed by atoms with Gasteiger partial charge in [0.25, 0.3) is 10.1 Å². The van der Waals surface area contributed by atoms with E-state index in [2.05, 4.69) is 19.1 Å². The van der Waals surface area contributed by atoms with Gasteiger partial charge in [0, 0.05) is 29.6 Å². The van der Waals surface area contributed by atoms with Gasteiger partial charge < -0.3 is 28.4 Å². The highest BCUT2D eigenvalue weighted by Crippen LogP contribution is 2.44. The molecule has 3 heterocycles. The molecule has 2 aromatic carbocycles. The monoisotopic (exact) mass is 636 g/mol. The van der Waals surface area contributed by atoms with E-state index >= 15 is 0 Å². The predicted octanol–water partition coefficient (Wildman–Crippen LogP) is 6.53. The maximum absolute atomic E-state index is 11.2. The molecule has 0 amide bonds. The molecule has 2 aromatic rings. The molecule has 3 aliphatic heterocycles. The summed E-state index contributed by atoms with van der Waals surface area (Å²) < 4.78 is 63.8. The molecule has 0 radical (unpaired) electrons. The van der Waals surface area contributed by atoms with Crippen molar-refractivity contribution in [2.45, 2.75) is 64.1 Å². The van der Waals surface area contributed by atoms with E-state index in [-0.39, 0.29) is 31.9 Å². The van der Waals surface area contributed by atoms with Crippen molar-refractivity contribution < 1.29 is 41.0 Å². The first-order chi connectivity index (χ1) is 21.8. The molecule has 0 saturated carbocycles. The van der Waals surface area contributed by atoms with E-state index in [0.717, 1.165) is 89.9 Å². The third kappa shape index (κ3) is 8.18. The molecule has 0 aromatic heterocycles. The Morgan fingerprint density at radius 2 is 1.58 bits per heavy atom. The zero-order chi connectivity index (χ0) is 31.2. The molecular formula is C35H40O9S. The van der Waals surface area contributed by atoms with Crippen molar-refractivity contribution in [1.82, 2.24) is 0 Å². The van der Waals surface area contributed by atoms with E-state index in [1.54, 1.807) is 0 Å². The van der Waals surface area contributed by atoms with Crippen LogP contribution in [0.25, 0.3) is 11.3 Å². The van der Waals surface area contributed by atoms with Crippen LogP contribution in [0.4, 0.5) is 0 Å². The Morgan fingerprint density at radius 3 is 2.27 bits per heavy atom. The average molecular weight is 637 g/mol. The topological polar surface area (TPSA) is 98.8 Å². The molecule has 3 atom stereocenters. The van der Waals surface area contributed by atoms with Gasteiger partial charge in [0.2, 0.25) is 0 Å². The summed E-state index contributed by atoms with van der Waals surface area (Å²) >= 11 is 0. The van der Waals surface area contributed by atoms with Crippen molar-refractivity contribution in [2.24, 2.45) is 0 Å². The first-order valence-corrected chi connectivity index (χ1v) is 17.4. The van der Waals surface area contributed by atoms with Crippen LogP contribution in [0.3, 0.4) is 0 Å². The van der Waals surface area contributed by atoms with Crippen LogP contribution in [0.15, 0.2) is 83.7 Å². The van der Waals surface area contributed by atoms with Gasteiger partial charge in [-0.2, -0.15) is 8.42 Å². The van der Waals surface area contributed by atoms with Crippen LogP contribution >= 0.6 is 0 Å². The second kappa shape index (κ2) is 14.2. The maximum Gasteiger partial charge on any atom is 0.264 e. The Balaban J connectivity index is 1.31. The molecule has 4 aliphatic rings. The number of hydrogen-bond donors (Lipinski definition) is 0. The summed E-state index contributed by atoms with van der Waals surface area (Å²) in [5, 5.41) is 0. The van der Waals surface area contributed by atoms with Crippen molar-refractivity contribution in [3.8, 4) is 11.5 Å². The minimum atomic E-state index is -3.52. The van der Waals surface area contributed by atoms with Gasteiger partial charge in [-0.3, -0.25) is 4.18 Å². The van der Waals surface area contributed by atoms with E-state index in [1.165, 1.54) is 0 Å². The minimum Gasteiger partial charge on any atom is -0.491 e. The molecule has 0 bridgehead atoms. The lowest BCUT2D eigenvalue weighted by Gasteiger charge is -2.33. The summed E-state index contributed by atoms with van der Waals surface area (Å²) in [7, 11) is -3.52. The lowest BCUT2D eigenvalue weighted by atomic mass is 9.86. The second-order valence-electron chi connectivity index (χ2n) is 11.5. The molecule has 45 heavy (non-hydrogen) atoms. The van der Waals surface area contributed by atoms with E-state index < -0.39 is 10.1 Å². The molecule has 3 unspecified atom stereocenters. The van der Waals surface area contributed by atoms with Gasteiger partial charge in [-0.05, 0) is 98.4 Å². The van der Waals surface area contributed by atoms with Gasteiger partial charge in [-0.1, -0.05) is 12.1 Å². The third-order valence-corrected chi connectivity index (χ3v) is 8.61. The molecule has 6 rings (SSSR count).